The molecule has 4 aromatic carbocycles. The van der Waals surface area contributed by atoms with Crippen molar-refractivity contribution in [1.29, 1.82) is 0 Å². The van der Waals surface area contributed by atoms with E-state index >= 15 is 0 Å². The fourth-order valence-electron chi connectivity index (χ4n) is 3.98. The highest BCUT2D eigenvalue weighted by atomic mass is 32.2. The molecule has 17 nitrogen and oxygen atoms in total. The van der Waals surface area contributed by atoms with E-state index in [1.54, 1.807) is 0 Å². The van der Waals surface area contributed by atoms with Gasteiger partial charge in [0.05, 0.1) is 45.3 Å². The van der Waals surface area contributed by atoms with Gasteiger partial charge in [0.1, 0.15) is 21.2 Å². The molecule has 0 saturated carbocycles. The maximum Gasteiger partial charge on any atom is 0.335 e. The first kappa shape index (κ1) is 33.0. The van der Waals surface area contributed by atoms with Crippen LogP contribution in [0.25, 0.3) is 10.8 Å². The predicted octanol–water partition coefficient (Wildman–Crippen LogP) is 3.92. The van der Waals surface area contributed by atoms with Crippen molar-refractivity contribution in [3.63, 3.8) is 0 Å². The number of azo groups is 2. The van der Waals surface area contributed by atoms with Gasteiger partial charge in [0.2, 0.25) is 0 Å². The zero-order valence-corrected chi connectivity index (χ0v) is 24.8. The molecule has 0 fully saturated rings. The molecule has 0 aliphatic carbocycles. The van der Waals surface area contributed by atoms with Gasteiger partial charge >= 0.3 is 5.97 Å². The average molecular weight is 680 g/mol. The third-order valence-electron chi connectivity index (χ3n) is 6.05. The second-order valence-electron chi connectivity index (χ2n) is 9.05. The monoisotopic (exact) mass is 679 g/mol. The van der Waals surface area contributed by atoms with E-state index in [0.29, 0.717) is 12.1 Å². The lowest BCUT2D eigenvalue weighted by atomic mass is 10.1. The van der Waals surface area contributed by atoms with E-state index < -0.39 is 91.8 Å². The molecule has 0 atom stereocenters. The van der Waals surface area contributed by atoms with Crippen molar-refractivity contribution in [1.82, 2.24) is 0 Å². The normalized spacial score (nSPS) is 12.8. The molecule has 0 saturated heterocycles. The number of carboxylic acids is 1. The Morgan fingerprint density at radius 2 is 1.31 bits per heavy atom. The fraction of sp³-hybridized carbons (Fsp3) is 0.0800. The summed E-state index contributed by atoms with van der Waals surface area (Å²) in [5.41, 5.74) is 3.63. The van der Waals surface area contributed by atoms with Crippen LogP contribution in [-0.4, -0.2) is 68.0 Å². The minimum absolute atomic E-state index is 0.0113. The number of aliphatic hydroxyl groups is 1. The van der Waals surface area contributed by atoms with Gasteiger partial charge in [-0.05, 0) is 60.0 Å². The van der Waals surface area contributed by atoms with E-state index in [0.717, 1.165) is 18.2 Å². The number of carbonyl (C=O) groups is 1. The molecule has 0 spiro atoms. The summed E-state index contributed by atoms with van der Waals surface area (Å²) in [6, 6.07) is 11.0. The smallest absolute Gasteiger partial charge is 0.335 e. The second-order valence-corrected chi connectivity index (χ2v) is 13.9. The van der Waals surface area contributed by atoms with Gasteiger partial charge in [-0.25, -0.2) is 13.2 Å². The number of rotatable bonds is 10. The fourth-order valence-corrected chi connectivity index (χ4v) is 6.33. The Labute approximate surface area is 254 Å². The number of phenolic OH excluding ortho intramolecular Hbond substituents is 1. The summed E-state index contributed by atoms with van der Waals surface area (Å²) in [4.78, 5) is 9.09. The SMILES string of the molecule is Nc1c(N=Nc2ccc(S(=O)(=O)CCO)cc2)c(S(=O)(=O)O)cc2cc(S(=O)(=O)O)c(N=Nc3cccc(C(=O)O)c3)c(O)c12. The molecule has 236 valence electrons. The van der Waals surface area contributed by atoms with E-state index in [1.165, 1.54) is 30.3 Å². The Morgan fingerprint density at radius 1 is 0.756 bits per heavy atom. The minimum atomic E-state index is -5.17. The van der Waals surface area contributed by atoms with E-state index in [9.17, 15) is 49.4 Å². The van der Waals surface area contributed by atoms with Crippen LogP contribution < -0.4 is 5.73 Å². The Kier molecular flexibility index (Phi) is 9.00. The van der Waals surface area contributed by atoms with Crippen LogP contribution in [0.5, 0.6) is 5.75 Å². The molecule has 4 rings (SSSR count). The number of sulfone groups is 1. The maximum absolute atomic E-state index is 12.3. The molecule has 0 bridgehead atoms. The number of aromatic carboxylic acids is 1. The lowest BCUT2D eigenvalue weighted by Gasteiger charge is -2.14. The number of aliphatic hydroxyl groups excluding tert-OH is 1. The van der Waals surface area contributed by atoms with Crippen molar-refractivity contribution in [3.8, 4) is 5.75 Å². The lowest BCUT2D eigenvalue weighted by Crippen LogP contribution is -2.09. The predicted molar refractivity (Wildman–Crippen MR) is 157 cm³/mol. The van der Waals surface area contributed by atoms with Gasteiger partial charge in [-0.3, -0.25) is 9.11 Å². The lowest BCUT2D eigenvalue weighted by molar-refractivity contribution is 0.0696. The molecule has 7 N–H and O–H groups in total. The Morgan fingerprint density at radius 3 is 1.87 bits per heavy atom. The molecular formula is C25H21N5O12S3. The number of nitrogen functional groups attached to an aromatic ring is 1. The largest absolute Gasteiger partial charge is 0.505 e. The van der Waals surface area contributed by atoms with Gasteiger partial charge < -0.3 is 21.1 Å². The van der Waals surface area contributed by atoms with Gasteiger partial charge in [0.15, 0.2) is 15.6 Å². The van der Waals surface area contributed by atoms with Crippen LogP contribution in [0.1, 0.15) is 10.4 Å². The Hall–Kier alpha value is -4.86. The van der Waals surface area contributed by atoms with Crippen LogP contribution in [0.15, 0.2) is 95.8 Å². The van der Waals surface area contributed by atoms with Gasteiger partial charge in [0, 0.05) is 0 Å². The highest BCUT2D eigenvalue weighted by molar-refractivity contribution is 7.91. The summed E-state index contributed by atoms with van der Waals surface area (Å²) < 4.78 is 92.9. The molecule has 45 heavy (non-hydrogen) atoms. The van der Waals surface area contributed by atoms with Gasteiger partial charge in [-0.2, -0.15) is 27.1 Å². The number of carboxylic acid groups (broad SMARTS) is 1. The highest BCUT2D eigenvalue weighted by Gasteiger charge is 2.28. The average Bonchev–Trinajstić information content (AvgIpc) is 2.95. The van der Waals surface area contributed by atoms with Gasteiger partial charge in [0.25, 0.3) is 20.2 Å². The number of hydrogen-bond donors (Lipinski definition) is 6. The first-order valence-corrected chi connectivity index (χ1v) is 16.6. The Balaban J connectivity index is 1.93. The maximum atomic E-state index is 12.3. The molecule has 0 radical (unpaired) electrons. The van der Waals surface area contributed by atoms with Crippen LogP contribution >= 0.6 is 0 Å². The van der Waals surface area contributed by atoms with E-state index in [-0.39, 0.29) is 21.8 Å². The number of anilines is 1. The summed E-state index contributed by atoms with van der Waals surface area (Å²) in [6.07, 6.45) is 0. The summed E-state index contributed by atoms with van der Waals surface area (Å²) >= 11 is 0. The standard InChI is InChI=1S/C25H21N5O12S3/c26-21-20-14(12-19(45(40,41)42)23(24(20)32)30-28-16-3-1-2-13(10-16)25(33)34)11-18(44(37,38)39)22(21)29-27-15-4-6-17(7-5-15)43(35,36)9-8-31/h1-7,10-12,31-32H,8-9,26H2,(H,33,34)(H,37,38,39)(H,40,41,42). The first-order valence-electron chi connectivity index (χ1n) is 12.1. The van der Waals surface area contributed by atoms with Crippen molar-refractivity contribution in [3.05, 3.63) is 66.2 Å². The third kappa shape index (κ3) is 7.11. The van der Waals surface area contributed by atoms with Crippen molar-refractivity contribution in [2.75, 3.05) is 18.1 Å². The highest BCUT2D eigenvalue weighted by Crippen LogP contribution is 2.48. The molecule has 20 heteroatoms. The Bertz CT molecular complexity index is 2240. The number of benzene rings is 4. The number of fused-ring (bicyclic) bond motifs is 1. The minimum Gasteiger partial charge on any atom is -0.505 e. The van der Waals surface area contributed by atoms with E-state index in [2.05, 4.69) is 20.5 Å². The zero-order valence-electron chi connectivity index (χ0n) is 22.4. The summed E-state index contributed by atoms with van der Waals surface area (Å²) in [5, 5.41) is 43.3. The van der Waals surface area contributed by atoms with Crippen LogP contribution in [0.3, 0.4) is 0 Å². The number of phenols is 1. The summed E-state index contributed by atoms with van der Waals surface area (Å²) in [7, 11) is -14.1. The van der Waals surface area contributed by atoms with Crippen LogP contribution in [0.4, 0.5) is 28.4 Å². The van der Waals surface area contributed by atoms with E-state index in [4.69, 9.17) is 10.8 Å². The third-order valence-corrected chi connectivity index (χ3v) is 9.49. The molecule has 4 aromatic rings. The molecule has 0 aromatic heterocycles. The summed E-state index contributed by atoms with van der Waals surface area (Å²) in [6.45, 7) is -0.608. The first-order chi connectivity index (χ1) is 20.9. The van der Waals surface area contributed by atoms with Crippen molar-refractivity contribution < 1.29 is 54.5 Å². The summed E-state index contributed by atoms with van der Waals surface area (Å²) in [5.74, 6) is -2.85. The van der Waals surface area contributed by atoms with Crippen LogP contribution in [0, 0.1) is 0 Å². The molecule has 0 unspecified atom stereocenters. The van der Waals surface area contributed by atoms with Crippen molar-refractivity contribution >= 4 is 75.3 Å². The molecule has 0 aliphatic rings. The molecule has 0 amide bonds. The number of hydrogen-bond acceptors (Lipinski definition) is 14. The topological polar surface area (TPSA) is 296 Å². The van der Waals surface area contributed by atoms with Crippen molar-refractivity contribution in [2.45, 2.75) is 14.7 Å². The quantitative estimate of drug-likeness (QED) is 0.0787. The zero-order chi connectivity index (χ0) is 33.3. The van der Waals surface area contributed by atoms with Gasteiger partial charge in [-0.1, -0.05) is 6.07 Å². The molecule has 0 heterocycles. The van der Waals surface area contributed by atoms with Crippen LogP contribution in [0.2, 0.25) is 0 Å². The number of nitrogens with zero attached hydrogens (tertiary/aromatic N) is 4. The number of aromatic hydroxyl groups is 1. The number of nitrogens with two attached hydrogens (primary N) is 1. The van der Waals surface area contributed by atoms with Gasteiger partial charge in [-0.15, -0.1) is 10.2 Å². The van der Waals surface area contributed by atoms with Crippen LogP contribution in [-0.2, 0) is 30.1 Å². The second kappa shape index (κ2) is 12.3. The molecule has 0 aliphatic heterocycles. The van der Waals surface area contributed by atoms with E-state index in [1.807, 2.05) is 0 Å². The molecular weight excluding hydrogens is 658 g/mol. The van der Waals surface area contributed by atoms with Crippen molar-refractivity contribution in [2.24, 2.45) is 20.5 Å².